The van der Waals surface area contributed by atoms with Crippen LogP contribution in [0.1, 0.15) is 252 Å². The zero-order valence-electron chi connectivity index (χ0n) is 41.1. The molecule has 0 aromatic rings. The van der Waals surface area contributed by atoms with Crippen molar-refractivity contribution in [1.29, 1.82) is 0 Å². The Labute approximate surface area is 385 Å². The molecule has 0 aromatic heterocycles. The molecule has 0 aliphatic rings. The molecule has 62 heavy (non-hydrogen) atoms. The van der Waals surface area contributed by atoms with Crippen LogP contribution in [0.4, 0.5) is 0 Å². The predicted octanol–water partition coefficient (Wildman–Crippen LogP) is 17.9. The van der Waals surface area contributed by atoms with E-state index in [0.29, 0.717) is 19.4 Å². The molecule has 0 bridgehead atoms. The SMILES string of the molecule is CC/C=C\C/C=C\C/C=C\CCCCCCCCCC(=O)OCC(COCCCCCCCCCCCCCCCCCC)OC(=O)CCCCC/C=C\C/C=C\C/C=C\CC. The fraction of sp³-hybridized carbons (Fsp3) is 0.754. The standard InChI is InChI=1S/C57H100O5/c1-4-7-10-13-16-19-22-25-27-29-30-33-35-38-41-44-47-50-56(58)61-54-55(62-57(59)51-48-45-42-39-36-32-24-21-18-15-12-9-6-3)53-60-52-49-46-43-40-37-34-31-28-26-23-20-17-14-11-8-5-2/h7,9-10,12,16,18-19,21,25,27,32,36,55H,4-6,8,11,13-15,17,20,22-24,26,28-31,33-35,37-54H2,1-3H3/b10-7-,12-9-,19-16-,21-18-,27-25-,36-32-. The van der Waals surface area contributed by atoms with Crippen LogP contribution in [0, 0.1) is 0 Å². The summed E-state index contributed by atoms with van der Waals surface area (Å²) < 4.78 is 17.4. The molecule has 0 spiro atoms. The summed E-state index contributed by atoms with van der Waals surface area (Å²) in [5.41, 5.74) is 0. The summed E-state index contributed by atoms with van der Waals surface area (Å²) in [5.74, 6) is -0.436. The summed E-state index contributed by atoms with van der Waals surface area (Å²) in [5, 5.41) is 0. The third-order valence-corrected chi connectivity index (χ3v) is 11.2. The maximum Gasteiger partial charge on any atom is 0.306 e. The summed E-state index contributed by atoms with van der Waals surface area (Å²) in [7, 11) is 0. The van der Waals surface area contributed by atoms with Crippen LogP contribution in [0.15, 0.2) is 72.9 Å². The largest absolute Gasteiger partial charge is 0.462 e. The van der Waals surface area contributed by atoms with Gasteiger partial charge in [0, 0.05) is 19.4 Å². The molecular formula is C57H100O5. The van der Waals surface area contributed by atoms with Gasteiger partial charge >= 0.3 is 11.9 Å². The lowest BCUT2D eigenvalue weighted by molar-refractivity contribution is -0.163. The van der Waals surface area contributed by atoms with E-state index in [2.05, 4.69) is 93.7 Å². The smallest absolute Gasteiger partial charge is 0.306 e. The first-order chi connectivity index (χ1) is 30.6. The van der Waals surface area contributed by atoms with Crippen LogP contribution in [0.3, 0.4) is 0 Å². The van der Waals surface area contributed by atoms with E-state index in [1.165, 1.54) is 116 Å². The van der Waals surface area contributed by atoms with Gasteiger partial charge in [-0.1, -0.05) is 229 Å². The van der Waals surface area contributed by atoms with Crippen LogP contribution in [0.25, 0.3) is 0 Å². The van der Waals surface area contributed by atoms with Crippen LogP contribution in [0.5, 0.6) is 0 Å². The molecule has 0 saturated carbocycles. The van der Waals surface area contributed by atoms with Crippen LogP contribution in [-0.4, -0.2) is 37.9 Å². The quantitative estimate of drug-likeness (QED) is 0.0346. The van der Waals surface area contributed by atoms with Gasteiger partial charge in [-0.3, -0.25) is 9.59 Å². The van der Waals surface area contributed by atoms with E-state index in [9.17, 15) is 9.59 Å². The van der Waals surface area contributed by atoms with Gasteiger partial charge in [0.05, 0.1) is 6.61 Å². The number of hydrogen-bond acceptors (Lipinski definition) is 5. The molecule has 0 rings (SSSR count). The molecule has 5 heteroatoms. The van der Waals surface area contributed by atoms with E-state index in [-0.39, 0.29) is 25.2 Å². The molecule has 0 saturated heterocycles. The predicted molar refractivity (Wildman–Crippen MR) is 270 cm³/mol. The van der Waals surface area contributed by atoms with Crippen LogP contribution >= 0.6 is 0 Å². The van der Waals surface area contributed by atoms with E-state index in [1.807, 2.05) is 0 Å². The topological polar surface area (TPSA) is 61.8 Å². The highest BCUT2D eigenvalue weighted by molar-refractivity contribution is 5.70. The summed E-state index contributed by atoms with van der Waals surface area (Å²) in [6.45, 7) is 7.59. The molecule has 0 N–H and O–H groups in total. The van der Waals surface area contributed by atoms with Crippen molar-refractivity contribution in [3.8, 4) is 0 Å². The summed E-state index contributed by atoms with van der Waals surface area (Å²) >= 11 is 0. The number of rotatable bonds is 48. The molecule has 0 heterocycles. The van der Waals surface area contributed by atoms with Crippen molar-refractivity contribution < 1.29 is 23.8 Å². The zero-order chi connectivity index (χ0) is 44.9. The number of unbranched alkanes of at least 4 members (excludes halogenated alkanes) is 25. The first-order valence-electron chi connectivity index (χ1n) is 26.5. The Morgan fingerprint density at radius 3 is 1.18 bits per heavy atom. The van der Waals surface area contributed by atoms with E-state index in [0.717, 1.165) is 103 Å². The first-order valence-corrected chi connectivity index (χ1v) is 26.5. The lowest BCUT2D eigenvalue weighted by Crippen LogP contribution is -2.30. The number of ether oxygens (including phenoxy) is 3. The van der Waals surface area contributed by atoms with Gasteiger partial charge < -0.3 is 14.2 Å². The van der Waals surface area contributed by atoms with Crippen LogP contribution in [-0.2, 0) is 23.8 Å². The summed E-state index contributed by atoms with van der Waals surface area (Å²) in [4.78, 5) is 25.4. The molecule has 0 aliphatic heterocycles. The molecule has 0 amide bonds. The van der Waals surface area contributed by atoms with Gasteiger partial charge in [0.15, 0.2) is 6.10 Å². The van der Waals surface area contributed by atoms with Crippen molar-refractivity contribution in [2.45, 2.75) is 258 Å². The number of esters is 2. The minimum atomic E-state index is -0.555. The molecule has 358 valence electrons. The molecular weight excluding hydrogens is 765 g/mol. The molecule has 0 radical (unpaired) electrons. The Balaban J connectivity index is 4.29. The summed E-state index contributed by atoms with van der Waals surface area (Å²) in [6, 6.07) is 0. The Morgan fingerprint density at radius 2 is 0.726 bits per heavy atom. The van der Waals surface area contributed by atoms with Gasteiger partial charge in [-0.25, -0.2) is 0 Å². The third kappa shape index (κ3) is 50.0. The van der Waals surface area contributed by atoms with Gasteiger partial charge in [0.25, 0.3) is 0 Å². The minimum Gasteiger partial charge on any atom is -0.462 e. The molecule has 5 nitrogen and oxygen atoms in total. The van der Waals surface area contributed by atoms with E-state index < -0.39 is 6.10 Å². The lowest BCUT2D eigenvalue weighted by Gasteiger charge is -2.18. The second-order valence-electron chi connectivity index (χ2n) is 17.4. The zero-order valence-corrected chi connectivity index (χ0v) is 41.1. The van der Waals surface area contributed by atoms with Gasteiger partial charge in [-0.2, -0.15) is 0 Å². The van der Waals surface area contributed by atoms with Crippen LogP contribution < -0.4 is 0 Å². The van der Waals surface area contributed by atoms with Crippen molar-refractivity contribution in [3.05, 3.63) is 72.9 Å². The minimum absolute atomic E-state index is 0.0682. The van der Waals surface area contributed by atoms with Crippen molar-refractivity contribution in [2.75, 3.05) is 19.8 Å². The van der Waals surface area contributed by atoms with Crippen molar-refractivity contribution in [2.24, 2.45) is 0 Å². The Bertz CT molecular complexity index is 1110. The van der Waals surface area contributed by atoms with Gasteiger partial charge in [0.1, 0.15) is 6.61 Å². The number of allylic oxidation sites excluding steroid dienone is 12. The maximum atomic E-state index is 12.8. The van der Waals surface area contributed by atoms with Crippen molar-refractivity contribution in [1.82, 2.24) is 0 Å². The molecule has 0 aromatic carbocycles. The molecule has 1 atom stereocenters. The monoisotopic (exact) mass is 865 g/mol. The van der Waals surface area contributed by atoms with Crippen molar-refractivity contribution in [3.63, 3.8) is 0 Å². The lowest BCUT2D eigenvalue weighted by atomic mass is 10.0. The maximum absolute atomic E-state index is 12.8. The average Bonchev–Trinajstić information content (AvgIpc) is 3.27. The Hall–Kier alpha value is -2.66. The van der Waals surface area contributed by atoms with Crippen molar-refractivity contribution >= 4 is 11.9 Å². The third-order valence-electron chi connectivity index (χ3n) is 11.2. The number of carbonyl (C=O) groups is 2. The first kappa shape index (κ1) is 59.3. The van der Waals surface area contributed by atoms with Gasteiger partial charge in [0.2, 0.25) is 0 Å². The number of carbonyl (C=O) groups excluding carboxylic acids is 2. The van der Waals surface area contributed by atoms with E-state index in [1.54, 1.807) is 0 Å². The second-order valence-corrected chi connectivity index (χ2v) is 17.4. The Kier molecular flexibility index (Phi) is 50.4. The second kappa shape index (κ2) is 52.7. The Morgan fingerprint density at radius 1 is 0.371 bits per heavy atom. The fourth-order valence-corrected chi connectivity index (χ4v) is 7.36. The number of hydrogen-bond donors (Lipinski definition) is 0. The molecule has 0 fully saturated rings. The van der Waals surface area contributed by atoms with Gasteiger partial charge in [-0.15, -0.1) is 0 Å². The highest BCUT2D eigenvalue weighted by Gasteiger charge is 2.17. The normalized spacial score (nSPS) is 12.8. The highest BCUT2D eigenvalue weighted by Crippen LogP contribution is 2.15. The van der Waals surface area contributed by atoms with E-state index in [4.69, 9.17) is 14.2 Å². The fourth-order valence-electron chi connectivity index (χ4n) is 7.36. The van der Waals surface area contributed by atoms with Crippen LogP contribution in [0.2, 0.25) is 0 Å². The summed E-state index contributed by atoms with van der Waals surface area (Å²) in [6.07, 6.45) is 67.7. The van der Waals surface area contributed by atoms with Gasteiger partial charge in [-0.05, 0) is 83.5 Å². The van der Waals surface area contributed by atoms with E-state index >= 15 is 0 Å². The highest BCUT2D eigenvalue weighted by atomic mass is 16.6. The molecule has 1 unspecified atom stereocenters. The average molecular weight is 865 g/mol. The molecule has 0 aliphatic carbocycles.